The number of rotatable bonds is 8. The van der Waals surface area contributed by atoms with Crippen LogP contribution in [0.5, 0.6) is 5.75 Å². The zero-order chi connectivity index (χ0) is 22.5. The van der Waals surface area contributed by atoms with Crippen molar-refractivity contribution in [3.05, 3.63) is 89.6 Å². The Morgan fingerprint density at radius 3 is 2.72 bits per heavy atom. The Balaban J connectivity index is 1.58. The zero-order valence-electron chi connectivity index (χ0n) is 17.5. The molecule has 4 rings (SSSR count). The Bertz CT molecular complexity index is 1210. The fraction of sp³-hybridized carbons (Fsp3) is 0.208. The van der Waals surface area contributed by atoms with E-state index in [1.807, 2.05) is 18.2 Å². The van der Waals surface area contributed by atoms with E-state index < -0.39 is 6.04 Å². The molecule has 2 aromatic heterocycles. The number of aromatic nitrogens is 3. The van der Waals surface area contributed by atoms with Gasteiger partial charge in [0.15, 0.2) is 0 Å². The highest BCUT2D eigenvalue weighted by atomic mass is 19.1. The van der Waals surface area contributed by atoms with E-state index in [0.29, 0.717) is 40.9 Å². The predicted octanol–water partition coefficient (Wildman–Crippen LogP) is 3.54. The second kappa shape index (κ2) is 9.57. The van der Waals surface area contributed by atoms with Crippen LogP contribution in [0.4, 0.5) is 4.39 Å². The van der Waals surface area contributed by atoms with Crippen molar-refractivity contribution in [3.63, 3.8) is 0 Å². The molecule has 7 nitrogen and oxygen atoms in total. The van der Waals surface area contributed by atoms with Crippen molar-refractivity contribution in [3.8, 4) is 5.75 Å². The molecule has 0 aliphatic rings. The Morgan fingerprint density at radius 1 is 1.19 bits per heavy atom. The molecule has 4 aromatic rings. The molecule has 0 aliphatic heterocycles. The van der Waals surface area contributed by atoms with Crippen LogP contribution in [-0.4, -0.2) is 32.4 Å². The SMILES string of the molecule is Cn1nc2ccc(OCc3ccccn3)cc2c1C(=O)NC(CCO)c1ccc(F)cc1. The van der Waals surface area contributed by atoms with Gasteiger partial charge in [-0.3, -0.25) is 14.5 Å². The molecule has 0 saturated carbocycles. The number of fused-ring (bicyclic) bond motifs is 1. The molecule has 0 fully saturated rings. The monoisotopic (exact) mass is 434 g/mol. The van der Waals surface area contributed by atoms with Gasteiger partial charge in [-0.2, -0.15) is 5.10 Å². The molecule has 1 atom stereocenters. The minimum atomic E-state index is -0.471. The van der Waals surface area contributed by atoms with Crippen LogP contribution in [0.1, 0.15) is 34.2 Å². The van der Waals surface area contributed by atoms with Gasteiger partial charge in [0.2, 0.25) is 0 Å². The fourth-order valence-corrected chi connectivity index (χ4v) is 3.55. The van der Waals surface area contributed by atoms with E-state index in [9.17, 15) is 14.3 Å². The van der Waals surface area contributed by atoms with Gasteiger partial charge in [0.05, 0.1) is 17.3 Å². The lowest BCUT2D eigenvalue weighted by Crippen LogP contribution is -2.30. The molecule has 1 unspecified atom stereocenters. The maximum atomic E-state index is 13.3. The number of hydrogen-bond donors (Lipinski definition) is 2. The first-order valence-corrected chi connectivity index (χ1v) is 10.2. The second-order valence-electron chi connectivity index (χ2n) is 7.35. The number of hydrogen-bond acceptors (Lipinski definition) is 5. The summed E-state index contributed by atoms with van der Waals surface area (Å²) in [5, 5.41) is 17.4. The summed E-state index contributed by atoms with van der Waals surface area (Å²) < 4.78 is 20.7. The largest absolute Gasteiger partial charge is 0.487 e. The number of pyridine rings is 1. The molecule has 164 valence electrons. The third-order valence-electron chi connectivity index (χ3n) is 5.13. The predicted molar refractivity (Wildman–Crippen MR) is 118 cm³/mol. The maximum absolute atomic E-state index is 13.3. The van der Waals surface area contributed by atoms with Crippen LogP contribution >= 0.6 is 0 Å². The molecule has 0 aliphatic carbocycles. The van der Waals surface area contributed by atoms with Crippen molar-refractivity contribution in [2.24, 2.45) is 7.05 Å². The molecule has 32 heavy (non-hydrogen) atoms. The summed E-state index contributed by atoms with van der Waals surface area (Å²) >= 11 is 0. The number of amides is 1. The van der Waals surface area contributed by atoms with E-state index in [4.69, 9.17) is 4.74 Å². The van der Waals surface area contributed by atoms with Gasteiger partial charge in [-0.1, -0.05) is 18.2 Å². The van der Waals surface area contributed by atoms with Crippen LogP contribution in [0, 0.1) is 5.82 Å². The van der Waals surface area contributed by atoms with E-state index in [2.05, 4.69) is 15.4 Å². The molecular formula is C24H23FN4O3. The average Bonchev–Trinajstić information content (AvgIpc) is 3.13. The van der Waals surface area contributed by atoms with Crippen LogP contribution in [0.15, 0.2) is 66.9 Å². The normalized spacial score (nSPS) is 12.0. The summed E-state index contributed by atoms with van der Waals surface area (Å²) in [6.07, 6.45) is 2.00. The van der Waals surface area contributed by atoms with Crippen molar-refractivity contribution in [1.82, 2.24) is 20.1 Å². The van der Waals surface area contributed by atoms with Crippen LogP contribution in [0.3, 0.4) is 0 Å². The number of halogens is 1. The summed E-state index contributed by atoms with van der Waals surface area (Å²) in [7, 11) is 1.70. The first-order chi connectivity index (χ1) is 15.5. The third-order valence-corrected chi connectivity index (χ3v) is 5.13. The van der Waals surface area contributed by atoms with Crippen LogP contribution in [0.2, 0.25) is 0 Å². The second-order valence-corrected chi connectivity index (χ2v) is 7.35. The highest BCUT2D eigenvalue weighted by Gasteiger charge is 2.21. The Hall–Kier alpha value is -3.78. The molecule has 1 amide bonds. The van der Waals surface area contributed by atoms with Gasteiger partial charge in [0.1, 0.15) is 23.9 Å². The summed E-state index contributed by atoms with van der Waals surface area (Å²) in [5.41, 5.74) is 2.53. The van der Waals surface area contributed by atoms with Gasteiger partial charge >= 0.3 is 0 Å². The number of aryl methyl sites for hydroxylation is 1. The van der Waals surface area contributed by atoms with Gasteiger partial charge in [0.25, 0.3) is 5.91 Å². The van der Waals surface area contributed by atoms with Crippen molar-refractivity contribution in [2.45, 2.75) is 19.1 Å². The van der Waals surface area contributed by atoms with E-state index >= 15 is 0 Å². The van der Waals surface area contributed by atoms with E-state index in [1.54, 1.807) is 43.6 Å². The topological polar surface area (TPSA) is 89.3 Å². The van der Waals surface area contributed by atoms with Gasteiger partial charge in [-0.25, -0.2) is 4.39 Å². The number of carbonyl (C=O) groups excluding carboxylic acids is 1. The van der Waals surface area contributed by atoms with Crippen molar-refractivity contribution < 1.29 is 19.0 Å². The molecule has 2 heterocycles. The molecule has 8 heteroatoms. The lowest BCUT2D eigenvalue weighted by Gasteiger charge is -2.18. The van der Waals surface area contributed by atoms with Crippen LogP contribution < -0.4 is 10.1 Å². The minimum Gasteiger partial charge on any atom is -0.487 e. The number of nitrogens with one attached hydrogen (secondary N) is 1. The Kier molecular flexibility index (Phi) is 6.42. The fourth-order valence-electron chi connectivity index (χ4n) is 3.55. The van der Waals surface area contributed by atoms with Gasteiger partial charge < -0.3 is 15.2 Å². The smallest absolute Gasteiger partial charge is 0.270 e. The van der Waals surface area contributed by atoms with Gasteiger partial charge in [0, 0.05) is 25.2 Å². The van der Waals surface area contributed by atoms with Crippen LogP contribution in [-0.2, 0) is 13.7 Å². The lowest BCUT2D eigenvalue weighted by atomic mass is 10.0. The summed E-state index contributed by atoms with van der Waals surface area (Å²) in [5.74, 6) is -0.117. The molecule has 0 radical (unpaired) electrons. The van der Waals surface area contributed by atoms with Crippen LogP contribution in [0.25, 0.3) is 10.9 Å². The number of aliphatic hydroxyl groups excluding tert-OH is 1. The van der Waals surface area contributed by atoms with Gasteiger partial charge in [-0.05, 0) is 54.4 Å². The summed E-state index contributed by atoms with van der Waals surface area (Å²) in [4.78, 5) is 17.4. The van der Waals surface area contributed by atoms with Gasteiger partial charge in [-0.15, -0.1) is 0 Å². The number of benzene rings is 2. The van der Waals surface area contributed by atoms with Crippen molar-refractivity contribution in [2.75, 3.05) is 6.61 Å². The zero-order valence-corrected chi connectivity index (χ0v) is 17.5. The van der Waals surface area contributed by atoms with E-state index in [1.165, 1.54) is 16.8 Å². The highest BCUT2D eigenvalue weighted by molar-refractivity contribution is 6.05. The summed E-state index contributed by atoms with van der Waals surface area (Å²) in [6, 6.07) is 16.4. The Labute approximate surface area is 184 Å². The number of nitrogens with zero attached hydrogens (tertiary/aromatic N) is 3. The molecule has 2 N–H and O–H groups in total. The van der Waals surface area contributed by atoms with E-state index in [-0.39, 0.29) is 18.3 Å². The quantitative estimate of drug-likeness (QED) is 0.443. The maximum Gasteiger partial charge on any atom is 0.270 e. The summed E-state index contributed by atoms with van der Waals surface area (Å²) in [6.45, 7) is 0.178. The molecular weight excluding hydrogens is 411 g/mol. The minimum absolute atomic E-state index is 0.125. The Morgan fingerprint density at radius 2 is 2.00 bits per heavy atom. The standard InChI is InChI=1S/C24H23FN4O3/c1-29-23(24(31)27-21(11-13-30)16-5-7-17(25)8-6-16)20-14-19(9-10-22(20)28-29)32-15-18-4-2-3-12-26-18/h2-10,12,14,21,30H,11,13,15H2,1H3,(H,27,31). The molecule has 0 saturated heterocycles. The molecule has 0 spiro atoms. The van der Waals surface area contributed by atoms with Crippen molar-refractivity contribution in [1.29, 1.82) is 0 Å². The lowest BCUT2D eigenvalue weighted by molar-refractivity contribution is 0.0922. The first kappa shape index (κ1) is 21.5. The molecule has 0 bridgehead atoms. The first-order valence-electron chi connectivity index (χ1n) is 10.2. The number of carbonyl (C=O) groups is 1. The number of ether oxygens (including phenoxy) is 1. The molecule has 2 aromatic carbocycles. The highest BCUT2D eigenvalue weighted by Crippen LogP contribution is 2.25. The van der Waals surface area contributed by atoms with E-state index in [0.717, 1.165) is 5.69 Å². The van der Waals surface area contributed by atoms with Crippen molar-refractivity contribution >= 4 is 16.8 Å². The third kappa shape index (κ3) is 4.76. The number of aliphatic hydroxyl groups is 1. The average molecular weight is 434 g/mol.